The van der Waals surface area contributed by atoms with Crippen LogP contribution in [0.4, 0.5) is 0 Å². The van der Waals surface area contributed by atoms with Gasteiger partial charge < -0.3 is 0 Å². The zero-order chi connectivity index (χ0) is 15.9. The molecule has 1 aromatic carbocycles. The van der Waals surface area contributed by atoms with E-state index in [1.807, 2.05) is 26.0 Å². The van der Waals surface area contributed by atoms with E-state index < -0.39 is 5.92 Å². The van der Waals surface area contributed by atoms with Gasteiger partial charge >= 0.3 is 0 Å². The molecule has 4 heteroatoms. The zero-order valence-corrected chi connectivity index (χ0v) is 13.3. The van der Waals surface area contributed by atoms with Gasteiger partial charge in [0.1, 0.15) is 5.92 Å². The Hall–Kier alpha value is -2.28. The van der Waals surface area contributed by atoms with E-state index in [1.165, 1.54) is 0 Å². The van der Waals surface area contributed by atoms with Crippen LogP contribution in [-0.4, -0.2) is 34.9 Å². The first-order valence-electron chi connectivity index (χ1n) is 7.77. The van der Waals surface area contributed by atoms with Gasteiger partial charge in [0, 0.05) is 18.7 Å². The van der Waals surface area contributed by atoms with Crippen molar-refractivity contribution in [3.8, 4) is 11.8 Å². The van der Waals surface area contributed by atoms with Crippen LogP contribution in [0.3, 0.4) is 0 Å². The van der Waals surface area contributed by atoms with Crippen molar-refractivity contribution in [3.05, 3.63) is 34.4 Å². The summed E-state index contributed by atoms with van der Waals surface area (Å²) in [4.78, 5) is 25.3. The SMILES string of the molecule is CC#Cc1cc(C)c(C2C(=O)N3CCCN3C2=O)c(CC)c1. The van der Waals surface area contributed by atoms with Crippen LogP contribution in [0.5, 0.6) is 0 Å². The highest BCUT2D eigenvalue weighted by Gasteiger charge is 2.49. The molecular formula is C18H20N2O2. The summed E-state index contributed by atoms with van der Waals surface area (Å²) in [5.74, 6) is 5.15. The monoisotopic (exact) mass is 296 g/mol. The Kier molecular flexibility index (Phi) is 3.66. The summed E-state index contributed by atoms with van der Waals surface area (Å²) in [5.41, 5.74) is 3.85. The van der Waals surface area contributed by atoms with Gasteiger partial charge in [-0.15, -0.1) is 5.92 Å². The van der Waals surface area contributed by atoms with Crippen molar-refractivity contribution in [1.29, 1.82) is 0 Å². The standard InChI is InChI=1S/C18H20N2O2/c1-4-7-13-10-12(3)15(14(5-2)11-13)16-17(21)19-8-6-9-20(19)18(16)22/h10-11,16H,5-6,8-9H2,1-3H3. The fraction of sp³-hybridized carbons (Fsp3) is 0.444. The van der Waals surface area contributed by atoms with Crippen molar-refractivity contribution in [1.82, 2.24) is 10.0 Å². The normalized spacial score (nSPS) is 17.8. The van der Waals surface area contributed by atoms with E-state index in [0.717, 1.165) is 35.1 Å². The summed E-state index contributed by atoms with van der Waals surface area (Å²) in [6.07, 6.45) is 1.65. The lowest BCUT2D eigenvalue weighted by Crippen LogP contribution is -2.33. The number of carbonyl (C=O) groups excluding carboxylic acids is 2. The molecule has 2 aliphatic rings. The first-order chi connectivity index (χ1) is 10.6. The smallest absolute Gasteiger partial charge is 0.258 e. The summed E-state index contributed by atoms with van der Waals surface area (Å²) in [7, 11) is 0. The number of amides is 2. The van der Waals surface area contributed by atoms with Crippen molar-refractivity contribution in [2.75, 3.05) is 13.1 Å². The summed E-state index contributed by atoms with van der Waals surface area (Å²) in [6, 6.07) is 3.99. The van der Waals surface area contributed by atoms with E-state index in [2.05, 4.69) is 11.8 Å². The quantitative estimate of drug-likeness (QED) is 0.619. The van der Waals surface area contributed by atoms with Gasteiger partial charge in [-0.1, -0.05) is 12.8 Å². The second-order valence-electron chi connectivity index (χ2n) is 5.80. The number of aryl methyl sites for hydroxylation is 2. The van der Waals surface area contributed by atoms with Crippen LogP contribution in [0.2, 0.25) is 0 Å². The lowest BCUT2D eigenvalue weighted by Gasteiger charge is -2.16. The molecule has 0 aromatic heterocycles. The maximum absolute atomic E-state index is 12.7. The van der Waals surface area contributed by atoms with Crippen LogP contribution in [0.25, 0.3) is 0 Å². The minimum atomic E-state index is -0.668. The average Bonchev–Trinajstić information content (AvgIpc) is 3.05. The number of hydrazine groups is 1. The maximum Gasteiger partial charge on any atom is 0.258 e. The van der Waals surface area contributed by atoms with E-state index in [9.17, 15) is 9.59 Å². The summed E-state index contributed by atoms with van der Waals surface area (Å²) >= 11 is 0. The van der Waals surface area contributed by atoms with E-state index in [4.69, 9.17) is 0 Å². The van der Waals surface area contributed by atoms with Gasteiger partial charge in [-0.25, -0.2) is 0 Å². The van der Waals surface area contributed by atoms with Crippen LogP contribution in [-0.2, 0) is 16.0 Å². The molecule has 0 spiro atoms. The second-order valence-corrected chi connectivity index (χ2v) is 5.80. The lowest BCUT2D eigenvalue weighted by atomic mass is 9.87. The third-order valence-corrected chi connectivity index (χ3v) is 4.45. The number of benzene rings is 1. The van der Waals surface area contributed by atoms with Gasteiger partial charge in [0.05, 0.1) is 0 Å². The first-order valence-corrected chi connectivity index (χ1v) is 7.77. The summed E-state index contributed by atoms with van der Waals surface area (Å²) < 4.78 is 0. The van der Waals surface area contributed by atoms with Crippen LogP contribution < -0.4 is 0 Å². The molecule has 0 atom stereocenters. The van der Waals surface area contributed by atoms with E-state index in [1.54, 1.807) is 16.9 Å². The third kappa shape index (κ3) is 2.09. The zero-order valence-electron chi connectivity index (χ0n) is 13.3. The Morgan fingerprint density at radius 2 is 1.82 bits per heavy atom. The molecule has 22 heavy (non-hydrogen) atoms. The largest absolute Gasteiger partial charge is 0.272 e. The topological polar surface area (TPSA) is 40.6 Å². The summed E-state index contributed by atoms with van der Waals surface area (Å²) in [5, 5.41) is 3.23. The van der Waals surface area contributed by atoms with Gasteiger partial charge in [-0.3, -0.25) is 19.6 Å². The van der Waals surface area contributed by atoms with E-state index >= 15 is 0 Å². The van der Waals surface area contributed by atoms with Gasteiger partial charge in [0.25, 0.3) is 11.8 Å². The molecular weight excluding hydrogens is 276 g/mol. The van der Waals surface area contributed by atoms with E-state index in [0.29, 0.717) is 13.1 Å². The number of hydrogen-bond acceptors (Lipinski definition) is 2. The molecule has 2 fully saturated rings. The number of fused-ring (bicyclic) bond motifs is 1. The van der Waals surface area contributed by atoms with Gasteiger partial charge in [0.15, 0.2) is 0 Å². The molecule has 0 bridgehead atoms. The number of nitrogens with zero attached hydrogens (tertiary/aromatic N) is 2. The van der Waals surface area contributed by atoms with E-state index in [-0.39, 0.29) is 11.8 Å². The molecule has 0 unspecified atom stereocenters. The fourth-order valence-electron chi connectivity index (χ4n) is 3.51. The Morgan fingerprint density at radius 1 is 1.18 bits per heavy atom. The minimum absolute atomic E-state index is 0.0744. The third-order valence-electron chi connectivity index (χ3n) is 4.45. The molecule has 0 saturated carbocycles. The highest BCUT2D eigenvalue weighted by atomic mass is 16.2. The molecule has 2 heterocycles. The first kappa shape index (κ1) is 14.6. The molecule has 2 amide bonds. The second kappa shape index (κ2) is 5.49. The molecule has 0 radical (unpaired) electrons. The molecule has 2 saturated heterocycles. The van der Waals surface area contributed by atoms with Crippen molar-refractivity contribution in [3.63, 3.8) is 0 Å². The molecule has 114 valence electrons. The highest BCUT2D eigenvalue weighted by molar-refractivity contribution is 6.11. The van der Waals surface area contributed by atoms with Crippen LogP contribution >= 0.6 is 0 Å². The molecule has 1 aromatic rings. The van der Waals surface area contributed by atoms with Gasteiger partial charge in [-0.2, -0.15) is 0 Å². The number of carbonyl (C=O) groups is 2. The van der Waals surface area contributed by atoms with Crippen LogP contribution in [0.1, 0.15) is 48.4 Å². The van der Waals surface area contributed by atoms with Gasteiger partial charge in [0.2, 0.25) is 0 Å². The van der Waals surface area contributed by atoms with Crippen molar-refractivity contribution in [2.24, 2.45) is 0 Å². The van der Waals surface area contributed by atoms with Crippen LogP contribution in [0, 0.1) is 18.8 Å². The maximum atomic E-state index is 12.7. The Labute approximate surface area is 131 Å². The van der Waals surface area contributed by atoms with Crippen molar-refractivity contribution >= 4 is 11.8 Å². The minimum Gasteiger partial charge on any atom is -0.272 e. The van der Waals surface area contributed by atoms with Crippen LogP contribution in [0.15, 0.2) is 12.1 Å². The molecule has 0 aliphatic carbocycles. The Morgan fingerprint density at radius 3 is 2.36 bits per heavy atom. The molecule has 0 N–H and O–H groups in total. The van der Waals surface area contributed by atoms with Crippen molar-refractivity contribution < 1.29 is 9.59 Å². The predicted octanol–water partition coefficient (Wildman–Crippen LogP) is 2.00. The molecule has 3 rings (SSSR count). The Bertz CT molecular complexity index is 690. The lowest BCUT2D eigenvalue weighted by molar-refractivity contribution is -0.141. The fourth-order valence-corrected chi connectivity index (χ4v) is 3.51. The highest BCUT2D eigenvalue weighted by Crippen LogP contribution is 2.36. The Balaban J connectivity index is 2.09. The number of rotatable bonds is 2. The average molecular weight is 296 g/mol. The molecule has 2 aliphatic heterocycles. The predicted molar refractivity (Wildman–Crippen MR) is 83.9 cm³/mol. The number of hydrogen-bond donors (Lipinski definition) is 0. The van der Waals surface area contributed by atoms with Crippen molar-refractivity contribution in [2.45, 2.75) is 39.5 Å². The summed E-state index contributed by atoms with van der Waals surface area (Å²) in [6.45, 7) is 7.13. The molecule has 4 nitrogen and oxygen atoms in total. The van der Waals surface area contributed by atoms with Gasteiger partial charge in [-0.05, 0) is 55.5 Å².